The lowest BCUT2D eigenvalue weighted by atomic mass is 10.3. The van der Waals surface area contributed by atoms with E-state index in [2.05, 4.69) is 42.4 Å². The van der Waals surface area contributed by atoms with Gasteiger partial charge in [0.2, 0.25) is 0 Å². The molecule has 1 aromatic carbocycles. The van der Waals surface area contributed by atoms with Crippen LogP contribution in [-0.2, 0) is 0 Å². The number of rotatable bonds is 6. The van der Waals surface area contributed by atoms with Crippen molar-refractivity contribution in [3.8, 4) is 0 Å². The summed E-state index contributed by atoms with van der Waals surface area (Å²) in [6.45, 7) is 4.72. The van der Waals surface area contributed by atoms with E-state index in [1.807, 2.05) is 6.08 Å². The van der Waals surface area contributed by atoms with Crippen molar-refractivity contribution in [1.82, 2.24) is 0 Å². The molecule has 0 aliphatic heterocycles. The number of anilines is 1. The van der Waals surface area contributed by atoms with Crippen molar-refractivity contribution in [2.45, 2.75) is 17.7 Å². The fourth-order valence-electron chi connectivity index (χ4n) is 1.21. The van der Waals surface area contributed by atoms with Gasteiger partial charge in [-0.05, 0) is 37.3 Å². The Morgan fingerprint density at radius 3 is 3.07 bits per heavy atom. The van der Waals surface area contributed by atoms with Crippen molar-refractivity contribution in [2.24, 2.45) is 0 Å². The predicted molar refractivity (Wildman–Crippen MR) is 66.1 cm³/mol. The van der Waals surface area contributed by atoms with E-state index in [1.54, 1.807) is 11.8 Å². The zero-order valence-corrected chi connectivity index (χ0v) is 9.44. The second-order valence-corrected chi connectivity index (χ2v) is 3.97. The lowest BCUT2D eigenvalue weighted by Crippen LogP contribution is -2.00. The van der Waals surface area contributed by atoms with Crippen molar-refractivity contribution < 1.29 is 0 Å². The Morgan fingerprint density at radius 2 is 2.36 bits per heavy atom. The second-order valence-electron chi connectivity index (χ2n) is 3.09. The van der Waals surface area contributed by atoms with E-state index in [4.69, 9.17) is 0 Å². The summed E-state index contributed by atoms with van der Waals surface area (Å²) < 4.78 is 0. The van der Waals surface area contributed by atoms with Crippen LogP contribution < -0.4 is 5.32 Å². The first-order chi connectivity index (χ1) is 6.86. The Labute approximate surface area is 90.6 Å². The van der Waals surface area contributed by atoms with E-state index in [1.165, 1.54) is 10.6 Å². The quantitative estimate of drug-likeness (QED) is 0.433. The molecule has 0 amide bonds. The van der Waals surface area contributed by atoms with Crippen molar-refractivity contribution in [2.75, 3.05) is 18.1 Å². The van der Waals surface area contributed by atoms with Gasteiger partial charge in [0.15, 0.2) is 0 Å². The lowest BCUT2D eigenvalue weighted by molar-refractivity contribution is 0.890. The van der Waals surface area contributed by atoms with Crippen LogP contribution in [0.15, 0.2) is 41.8 Å². The van der Waals surface area contributed by atoms with Crippen molar-refractivity contribution >= 4 is 17.4 Å². The summed E-state index contributed by atoms with van der Waals surface area (Å²) in [5.41, 5.74) is 1.21. The largest absolute Gasteiger partial charge is 0.385 e. The standard InChI is InChI=1S/C12H17NS/c1-3-4-5-9-13-11-7-6-8-12(10-11)14-2/h3,6-8,10,13H,1,4-5,9H2,2H3. The molecule has 0 aliphatic rings. The summed E-state index contributed by atoms with van der Waals surface area (Å²) in [5.74, 6) is 0. The van der Waals surface area contributed by atoms with Crippen LogP contribution in [0.5, 0.6) is 0 Å². The summed E-state index contributed by atoms with van der Waals surface area (Å²) in [7, 11) is 0. The number of hydrogen-bond donors (Lipinski definition) is 1. The highest BCUT2D eigenvalue weighted by Crippen LogP contribution is 2.18. The molecule has 1 nitrogen and oxygen atoms in total. The normalized spacial score (nSPS) is 9.79. The summed E-state index contributed by atoms with van der Waals surface area (Å²) in [5, 5.41) is 3.39. The molecule has 0 atom stereocenters. The van der Waals surface area contributed by atoms with Crippen molar-refractivity contribution in [1.29, 1.82) is 0 Å². The molecule has 0 unspecified atom stereocenters. The maximum absolute atomic E-state index is 3.70. The van der Waals surface area contributed by atoms with E-state index in [9.17, 15) is 0 Å². The molecule has 0 bridgehead atoms. The van der Waals surface area contributed by atoms with Crippen LogP contribution in [0.2, 0.25) is 0 Å². The summed E-state index contributed by atoms with van der Waals surface area (Å²) in [4.78, 5) is 1.30. The van der Waals surface area contributed by atoms with Crippen LogP contribution in [-0.4, -0.2) is 12.8 Å². The smallest absolute Gasteiger partial charge is 0.0351 e. The minimum atomic E-state index is 1.02. The molecule has 0 spiro atoms. The maximum atomic E-state index is 3.70. The molecule has 0 aromatic heterocycles. The predicted octanol–water partition coefficient (Wildman–Crippen LogP) is 3.79. The first-order valence-corrected chi connectivity index (χ1v) is 6.08. The average molecular weight is 207 g/mol. The molecule has 1 aromatic rings. The van der Waals surface area contributed by atoms with Gasteiger partial charge in [-0.1, -0.05) is 12.1 Å². The Hall–Kier alpha value is -0.890. The van der Waals surface area contributed by atoms with Crippen molar-refractivity contribution in [3.05, 3.63) is 36.9 Å². The molecule has 0 heterocycles. The van der Waals surface area contributed by atoms with E-state index in [0.717, 1.165) is 19.4 Å². The summed E-state index contributed by atoms with van der Waals surface area (Å²) in [6, 6.07) is 8.49. The topological polar surface area (TPSA) is 12.0 Å². The molecule has 1 rings (SSSR count). The molecule has 0 saturated heterocycles. The summed E-state index contributed by atoms with van der Waals surface area (Å²) in [6.07, 6.45) is 6.28. The van der Waals surface area contributed by atoms with Crippen LogP contribution in [0.25, 0.3) is 0 Å². The van der Waals surface area contributed by atoms with Gasteiger partial charge in [0.25, 0.3) is 0 Å². The van der Waals surface area contributed by atoms with Crippen LogP contribution in [0.4, 0.5) is 5.69 Å². The fraction of sp³-hybridized carbons (Fsp3) is 0.333. The molecule has 1 N–H and O–H groups in total. The minimum Gasteiger partial charge on any atom is -0.385 e. The minimum absolute atomic E-state index is 1.02. The molecule has 0 saturated carbocycles. The maximum Gasteiger partial charge on any atom is 0.0351 e. The fourth-order valence-corrected chi connectivity index (χ4v) is 1.67. The number of unbranched alkanes of at least 4 members (excludes halogenated alkanes) is 1. The van der Waals surface area contributed by atoms with Crippen LogP contribution in [0.1, 0.15) is 12.8 Å². The van der Waals surface area contributed by atoms with Crippen LogP contribution >= 0.6 is 11.8 Å². The van der Waals surface area contributed by atoms with Gasteiger partial charge < -0.3 is 5.32 Å². The van der Waals surface area contributed by atoms with E-state index < -0.39 is 0 Å². The highest BCUT2D eigenvalue weighted by Gasteiger charge is 1.93. The monoisotopic (exact) mass is 207 g/mol. The number of hydrogen-bond acceptors (Lipinski definition) is 2. The van der Waals surface area contributed by atoms with Gasteiger partial charge in [0.05, 0.1) is 0 Å². The average Bonchev–Trinajstić information content (AvgIpc) is 2.25. The molecule has 0 radical (unpaired) electrons. The lowest BCUT2D eigenvalue weighted by Gasteiger charge is -2.06. The van der Waals surface area contributed by atoms with Crippen LogP contribution in [0, 0.1) is 0 Å². The Kier molecular flexibility index (Phi) is 5.23. The molecule has 2 heteroatoms. The molecule has 14 heavy (non-hydrogen) atoms. The number of thioether (sulfide) groups is 1. The number of benzene rings is 1. The first-order valence-electron chi connectivity index (χ1n) is 4.85. The van der Waals surface area contributed by atoms with Gasteiger partial charge in [0, 0.05) is 17.1 Å². The molecule has 0 fully saturated rings. The zero-order valence-electron chi connectivity index (χ0n) is 8.62. The van der Waals surface area contributed by atoms with E-state index >= 15 is 0 Å². The Morgan fingerprint density at radius 1 is 1.50 bits per heavy atom. The second kappa shape index (κ2) is 6.55. The van der Waals surface area contributed by atoms with E-state index in [-0.39, 0.29) is 0 Å². The third-order valence-corrected chi connectivity index (χ3v) is 2.71. The first kappa shape index (κ1) is 11.2. The van der Waals surface area contributed by atoms with Gasteiger partial charge in [-0.3, -0.25) is 0 Å². The molecule has 76 valence electrons. The van der Waals surface area contributed by atoms with Gasteiger partial charge in [-0.2, -0.15) is 0 Å². The Bertz CT molecular complexity index is 283. The van der Waals surface area contributed by atoms with Gasteiger partial charge in [0.1, 0.15) is 0 Å². The molecule has 0 aliphatic carbocycles. The SMILES string of the molecule is C=CCCCNc1cccc(SC)c1. The highest BCUT2D eigenvalue weighted by molar-refractivity contribution is 7.98. The van der Waals surface area contributed by atoms with Gasteiger partial charge in [-0.15, -0.1) is 18.3 Å². The van der Waals surface area contributed by atoms with Gasteiger partial charge >= 0.3 is 0 Å². The van der Waals surface area contributed by atoms with Crippen LogP contribution in [0.3, 0.4) is 0 Å². The van der Waals surface area contributed by atoms with Gasteiger partial charge in [-0.25, -0.2) is 0 Å². The Balaban J connectivity index is 2.38. The molecular formula is C12H17NS. The number of nitrogens with one attached hydrogen (secondary N) is 1. The highest BCUT2D eigenvalue weighted by atomic mass is 32.2. The number of allylic oxidation sites excluding steroid dienone is 1. The summed E-state index contributed by atoms with van der Waals surface area (Å²) >= 11 is 1.77. The van der Waals surface area contributed by atoms with Crippen molar-refractivity contribution in [3.63, 3.8) is 0 Å². The third-order valence-electron chi connectivity index (χ3n) is 1.98. The third kappa shape index (κ3) is 3.88. The van der Waals surface area contributed by atoms with E-state index in [0.29, 0.717) is 0 Å². The zero-order chi connectivity index (χ0) is 10.2. The molecular weight excluding hydrogens is 190 g/mol.